The number of carbonyl (C=O) groups excluding carboxylic acids is 1. The lowest BCUT2D eigenvalue weighted by atomic mass is 10.2. The number of nitrogens with one attached hydrogen (secondary N) is 1. The van der Waals surface area contributed by atoms with Gasteiger partial charge in [-0.2, -0.15) is 0 Å². The molecule has 0 aromatic heterocycles. The van der Waals surface area contributed by atoms with E-state index >= 15 is 0 Å². The van der Waals surface area contributed by atoms with Gasteiger partial charge in [-0.1, -0.05) is 0 Å². The van der Waals surface area contributed by atoms with Crippen LogP contribution in [0.15, 0.2) is 0 Å². The zero-order valence-corrected chi connectivity index (χ0v) is 8.46. The van der Waals surface area contributed by atoms with Crippen LogP contribution in [0, 0.1) is 0 Å². The SMILES string of the molecule is NC(=O)C(O)CNC1CCS(=O)(=O)C1. The van der Waals surface area contributed by atoms with Crippen molar-refractivity contribution in [2.24, 2.45) is 5.73 Å². The maximum absolute atomic E-state index is 11.0. The van der Waals surface area contributed by atoms with Gasteiger partial charge < -0.3 is 16.2 Å². The Kier molecular flexibility index (Phi) is 3.46. The van der Waals surface area contributed by atoms with Gasteiger partial charge in [0.1, 0.15) is 6.10 Å². The first kappa shape index (κ1) is 11.4. The summed E-state index contributed by atoms with van der Waals surface area (Å²) in [6.07, 6.45) is -0.730. The first-order chi connectivity index (χ1) is 6.41. The number of hydrogen-bond acceptors (Lipinski definition) is 5. The fraction of sp³-hybridized carbons (Fsp3) is 0.857. The molecule has 0 aromatic carbocycles. The zero-order chi connectivity index (χ0) is 10.8. The number of nitrogens with two attached hydrogens (primary N) is 1. The van der Waals surface area contributed by atoms with E-state index < -0.39 is 21.8 Å². The van der Waals surface area contributed by atoms with E-state index in [0.717, 1.165) is 0 Å². The van der Waals surface area contributed by atoms with Crippen molar-refractivity contribution in [1.82, 2.24) is 5.32 Å². The van der Waals surface area contributed by atoms with Gasteiger partial charge >= 0.3 is 0 Å². The molecule has 1 saturated heterocycles. The molecule has 0 aliphatic carbocycles. The average Bonchev–Trinajstić information content (AvgIpc) is 2.41. The lowest BCUT2D eigenvalue weighted by Gasteiger charge is -2.12. The topological polar surface area (TPSA) is 109 Å². The predicted octanol–water partition coefficient (Wildman–Crippen LogP) is -2.39. The molecule has 2 unspecified atom stereocenters. The van der Waals surface area contributed by atoms with E-state index in [0.29, 0.717) is 6.42 Å². The minimum Gasteiger partial charge on any atom is -0.382 e. The zero-order valence-electron chi connectivity index (χ0n) is 7.64. The van der Waals surface area contributed by atoms with Gasteiger partial charge in [0.05, 0.1) is 11.5 Å². The molecule has 0 radical (unpaired) electrons. The molecule has 14 heavy (non-hydrogen) atoms. The van der Waals surface area contributed by atoms with Crippen molar-refractivity contribution in [3.05, 3.63) is 0 Å². The van der Waals surface area contributed by atoms with E-state index in [9.17, 15) is 13.2 Å². The van der Waals surface area contributed by atoms with E-state index in [1.807, 2.05) is 0 Å². The van der Waals surface area contributed by atoms with Gasteiger partial charge in [-0.25, -0.2) is 8.42 Å². The first-order valence-corrected chi connectivity index (χ1v) is 6.14. The van der Waals surface area contributed by atoms with E-state index in [1.54, 1.807) is 0 Å². The van der Waals surface area contributed by atoms with Crippen molar-refractivity contribution >= 4 is 15.7 Å². The van der Waals surface area contributed by atoms with Crippen LogP contribution in [0.2, 0.25) is 0 Å². The van der Waals surface area contributed by atoms with Crippen LogP contribution in [0.3, 0.4) is 0 Å². The molecule has 1 rings (SSSR count). The Bertz CT molecular complexity index is 314. The first-order valence-electron chi connectivity index (χ1n) is 4.32. The number of carbonyl (C=O) groups is 1. The summed E-state index contributed by atoms with van der Waals surface area (Å²) >= 11 is 0. The third kappa shape index (κ3) is 3.24. The Morgan fingerprint density at radius 1 is 1.64 bits per heavy atom. The summed E-state index contributed by atoms with van der Waals surface area (Å²) in [5, 5.41) is 11.8. The predicted molar refractivity (Wildman–Crippen MR) is 50.3 cm³/mol. The third-order valence-corrected chi connectivity index (χ3v) is 3.93. The molecule has 0 bridgehead atoms. The molecular weight excluding hydrogens is 208 g/mol. The van der Waals surface area contributed by atoms with Crippen LogP contribution in [0.25, 0.3) is 0 Å². The quantitative estimate of drug-likeness (QED) is 0.491. The van der Waals surface area contributed by atoms with Gasteiger partial charge in [-0.05, 0) is 6.42 Å². The maximum Gasteiger partial charge on any atom is 0.247 e. The second kappa shape index (κ2) is 4.24. The van der Waals surface area contributed by atoms with Gasteiger partial charge in [0.25, 0.3) is 0 Å². The highest BCUT2D eigenvalue weighted by molar-refractivity contribution is 7.91. The lowest BCUT2D eigenvalue weighted by molar-refractivity contribution is -0.125. The molecule has 0 spiro atoms. The fourth-order valence-electron chi connectivity index (χ4n) is 1.33. The van der Waals surface area contributed by atoms with Crippen LogP contribution in [0.5, 0.6) is 0 Å². The number of sulfone groups is 1. The number of rotatable bonds is 4. The van der Waals surface area contributed by atoms with Gasteiger partial charge in [0.15, 0.2) is 9.84 Å². The Balaban J connectivity index is 2.31. The van der Waals surface area contributed by atoms with E-state index in [4.69, 9.17) is 10.8 Å². The van der Waals surface area contributed by atoms with Crippen molar-refractivity contribution < 1.29 is 18.3 Å². The Hall–Kier alpha value is -0.660. The van der Waals surface area contributed by atoms with Crippen LogP contribution < -0.4 is 11.1 Å². The summed E-state index contributed by atoms with van der Waals surface area (Å²) in [6.45, 7) is 0.00944. The minimum absolute atomic E-state index is 0.00944. The standard InChI is InChI=1S/C7H14N2O4S/c8-7(11)6(10)3-9-5-1-2-14(12,13)4-5/h5-6,9-10H,1-4H2,(H2,8,11). The van der Waals surface area contributed by atoms with Crippen LogP contribution >= 0.6 is 0 Å². The second-order valence-corrected chi connectivity index (χ2v) is 5.66. The van der Waals surface area contributed by atoms with Gasteiger partial charge in [0.2, 0.25) is 5.91 Å². The molecule has 0 saturated carbocycles. The number of aliphatic hydroxyl groups is 1. The highest BCUT2D eigenvalue weighted by Crippen LogP contribution is 2.10. The molecule has 1 amide bonds. The molecule has 1 heterocycles. The van der Waals surface area contributed by atoms with E-state index in [1.165, 1.54) is 0 Å². The van der Waals surface area contributed by atoms with Crippen molar-refractivity contribution in [2.75, 3.05) is 18.1 Å². The fourth-order valence-corrected chi connectivity index (χ4v) is 3.04. The molecule has 1 fully saturated rings. The highest BCUT2D eigenvalue weighted by atomic mass is 32.2. The third-order valence-electron chi connectivity index (χ3n) is 2.16. The Morgan fingerprint density at radius 2 is 2.29 bits per heavy atom. The van der Waals surface area contributed by atoms with E-state index in [-0.39, 0.29) is 24.1 Å². The summed E-state index contributed by atoms with van der Waals surface area (Å²) < 4.78 is 22.1. The monoisotopic (exact) mass is 222 g/mol. The number of amides is 1. The van der Waals surface area contributed by atoms with E-state index in [2.05, 4.69) is 5.32 Å². The van der Waals surface area contributed by atoms with Gasteiger partial charge in [-0.3, -0.25) is 4.79 Å². The smallest absolute Gasteiger partial charge is 0.247 e. The Labute approximate surface area is 82.4 Å². The van der Waals surface area contributed by atoms with Crippen molar-refractivity contribution in [3.63, 3.8) is 0 Å². The van der Waals surface area contributed by atoms with Crippen LogP contribution in [0.4, 0.5) is 0 Å². The van der Waals surface area contributed by atoms with Gasteiger partial charge in [-0.15, -0.1) is 0 Å². The highest BCUT2D eigenvalue weighted by Gasteiger charge is 2.28. The molecule has 1 aliphatic rings. The van der Waals surface area contributed by atoms with Gasteiger partial charge in [0, 0.05) is 12.6 Å². The van der Waals surface area contributed by atoms with Crippen LogP contribution in [0.1, 0.15) is 6.42 Å². The molecule has 7 heteroatoms. The maximum atomic E-state index is 11.0. The number of hydrogen-bond donors (Lipinski definition) is 3. The molecule has 82 valence electrons. The van der Waals surface area contributed by atoms with Crippen molar-refractivity contribution in [1.29, 1.82) is 0 Å². The summed E-state index contributed by atoms with van der Waals surface area (Å²) in [7, 11) is -2.92. The Morgan fingerprint density at radius 3 is 2.71 bits per heavy atom. The second-order valence-electron chi connectivity index (χ2n) is 3.43. The average molecular weight is 222 g/mol. The molecule has 2 atom stereocenters. The minimum atomic E-state index is -2.92. The van der Waals surface area contributed by atoms with Crippen molar-refractivity contribution in [3.8, 4) is 0 Å². The molecule has 0 aromatic rings. The normalized spacial score (nSPS) is 27.4. The molecule has 1 aliphatic heterocycles. The summed E-state index contributed by atoms with van der Waals surface area (Å²) in [4.78, 5) is 10.4. The summed E-state index contributed by atoms with van der Waals surface area (Å²) in [6, 6.07) is -0.172. The number of aliphatic hydroxyl groups excluding tert-OH is 1. The summed E-state index contributed by atoms with van der Waals surface area (Å²) in [5.41, 5.74) is 4.83. The van der Waals surface area contributed by atoms with Crippen LogP contribution in [-0.2, 0) is 14.6 Å². The lowest BCUT2D eigenvalue weighted by Crippen LogP contribution is -2.42. The van der Waals surface area contributed by atoms with Crippen LogP contribution in [-0.4, -0.2) is 49.6 Å². The molecule has 4 N–H and O–H groups in total. The van der Waals surface area contributed by atoms with Crippen molar-refractivity contribution in [2.45, 2.75) is 18.6 Å². The summed E-state index contributed by atoms with van der Waals surface area (Å²) in [5.74, 6) is -0.575. The number of primary amides is 1. The molecule has 6 nitrogen and oxygen atoms in total. The molecular formula is C7H14N2O4S. The largest absolute Gasteiger partial charge is 0.382 e.